The molecule has 5 heteroatoms. The average molecular weight is 183 g/mol. The third-order valence-electron chi connectivity index (χ3n) is 2.17. The molecule has 0 aromatic carbocycles. The fourth-order valence-electron chi connectivity index (χ4n) is 1.48. The molecule has 0 aromatic heterocycles. The summed E-state index contributed by atoms with van der Waals surface area (Å²) in [6, 6.07) is -0.106. The number of hydroxylamine groups is 1. The molecular formula is C8H13N3O2. The topological polar surface area (TPSA) is 44.8 Å². The van der Waals surface area contributed by atoms with E-state index in [1.165, 1.54) is 5.17 Å². The Balaban J connectivity index is 1.91. The molecule has 0 bridgehead atoms. The van der Waals surface area contributed by atoms with Crippen LogP contribution in [-0.4, -0.2) is 29.2 Å². The Kier molecular flexibility index (Phi) is 2.00. The number of urea groups is 1. The van der Waals surface area contributed by atoms with Crippen LogP contribution in [0.3, 0.4) is 0 Å². The van der Waals surface area contributed by atoms with Gasteiger partial charge in [0, 0.05) is 13.1 Å². The lowest BCUT2D eigenvalue weighted by Crippen LogP contribution is -2.44. The summed E-state index contributed by atoms with van der Waals surface area (Å²) in [6.45, 7) is 3.46. The second-order valence-electron chi connectivity index (χ2n) is 3.25. The summed E-state index contributed by atoms with van der Waals surface area (Å²) >= 11 is 0. The number of nitrogens with zero attached hydrogens (tertiary/aromatic N) is 2. The smallest absolute Gasteiger partial charge is 0.358 e. The van der Waals surface area contributed by atoms with E-state index in [-0.39, 0.29) is 6.03 Å². The van der Waals surface area contributed by atoms with Crippen LogP contribution in [0, 0.1) is 0 Å². The lowest BCUT2D eigenvalue weighted by atomic mass is 10.4. The van der Waals surface area contributed by atoms with Crippen molar-refractivity contribution < 1.29 is 9.63 Å². The minimum absolute atomic E-state index is 0.106. The third-order valence-corrected chi connectivity index (χ3v) is 2.17. The maximum absolute atomic E-state index is 11.6. The summed E-state index contributed by atoms with van der Waals surface area (Å²) in [7, 11) is 0. The summed E-state index contributed by atoms with van der Waals surface area (Å²) in [4.78, 5) is 18.5. The fraction of sp³-hybridized carbons (Fsp3) is 0.625. The van der Waals surface area contributed by atoms with Crippen LogP contribution in [0.5, 0.6) is 0 Å². The molecule has 0 atom stereocenters. The van der Waals surface area contributed by atoms with Gasteiger partial charge in [-0.1, -0.05) is 5.17 Å². The molecule has 0 unspecified atom stereocenters. The molecular weight excluding hydrogens is 170 g/mol. The highest BCUT2D eigenvalue weighted by molar-refractivity contribution is 5.73. The van der Waals surface area contributed by atoms with Crippen molar-refractivity contribution in [3.63, 3.8) is 0 Å². The summed E-state index contributed by atoms with van der Waals surface area (Å²) in [5.41, 5.74) is 2.74. The van der Waals surface area contributed by atoms with Gasteiger partial charge < -0.3 is 9.74 Å². The van der Waals surface area contributed by atoms with Gasteiger partial charge in [0.25, 0.3) is 0 Å². The molecule has 72 valence electrons. The van der Waals surface area contributed by atoms with Gasteiger partial charge in [-0.3, -0.25) is 5.43 Å². The molecule has 1 saturated heterocycles. The summed E-state index contributed by atoms with van der Waals surface area (Å²) in [5.74, 6) is 0.701. The summed E-state index contributed by atoms with van der Waals surface area (Å²) in [5, 5.41) is 1.17. The quantitative estimate of drug-likeness (QED) is 0.604. The van der Waals surface area contributed by atoms with Crippen LogP contribution in [-0.2, 0) is 4.84 Å². The number of carbonyl (C=O) groups is 1. The molecule has 0 radical (unpaired) electrons. The molecule has 2 aliphatic heterocycles. The normalized spacial score (nSPS) is 21.2. The van der Waals surface area contributed by atoms with Crippen LogP contribution in [0.25, 0.3) is 0 Å². The van der Waals surface area contributed by atoms with Gasteiger partial charge in [-0.25, -0.2) is 4.79 Å². The van der Waals surface area contributed by atoms with Gasteiger partial charge >= 0.3 is 6.03 Å². The van der Waals surface area contributed by atoms with Gasteiger partial charge in [-0.15, -0.1) is 0 Å². The monoisotopic (exact) mass is 183 g/mol. The fourth-order valence-corrected chi connectivity index (χ4v) is 1.48. The molecule has 1 fully saturated rings. The zero-order valence-corrected chi connectivity index (χ0v) is 7.62. The van der Waals surface area contributed by atoms with Crippen LogP contribution in [0.2, 0.25) is 0 Å². The number of hydrogen-bond acceptors (Lipinski definition) is 3. The van der Waals surface area contributed by atoms with E-state index in [0.717, 1.165) is 25.9 Å². The van der Waals surface area contributed by atoms with E-state index in [4.69, 9.17) is 4.84 Å². The standard InChI is InChI=1S/C8H13N3O2/c1-7-6-9-11(13-7)8(12)10-4-2-3-5-10/h6,9H,2-5H2,1H3. The van der Waals surface area contributed by atoms with E-state index >= 15 is 0 Å². The number of rotatable bonds is 0. The van der Waals surface area contributed by atoms with Crippen LogP contribution >= 0.6 is 0 Å². The lowest BCUT2D eigenvalue weighted by molar-refractivity contribution is -0.0880. The first-order valence-electron chi connectivity index (χ1n) is 4.47. The Hall–Kier alpha value is -1.39. The van der Waals surface area contributed by atoms with Gasteiger partial charge in [0.1, 0.15) is 5.76 Å². The van der Waals surface area contributed by atoms with Gasteiger partial charge in [-0.2, -0.15) is 0 Å². The van der Waals surface area contributed by atoms with E-state index in [2.05, 4.69) is 5.43 Å². The first kappa shape index (κ1) is 8.22. The zero-order valence-electron chi connectivity index (χ0n) is 7.62. The van der Waals surface area contributed by atoms with Crippen molar-refractivity contribution in [3.05, 3.63) is 12.0 Å². The maximum Gasteiger partial charge on any atom is 0.373 e. The van der Waals surface area contributed by atoms with E-state index in [0.29, 0.717) is 5.76 Å². The first-order chi connectivity index (χ1) is 6.27. The molecule has 2 rings (SSSR count). The molecule has 0 spiro atoms. The molecule has 2 amide bonds. The van der Waals surface area contributed by atoms with Crippen molar-refractivity contribution in [1.82, 2.24) is 15.5 Å². The van der Waals surface area contributed by atoms with E-state index in [9.17, 15) is 4.79 Å². The average Bonchev–Trinajstić information content (AvgIpc) is 2.72. The predicted octanol–water partition coefficient (Wildman–Crippen LogP) is 0.815. The number of carbonyl (C=O) groups excluding carboxylic acids is 1. The highest BCUT2D eigenvalue weighted by atomic mass is 16.7. The Labute approximate surface area is 76.9 Å². The number of hydrogen-bond donors (Lipinski definition) is 1. The number of nitrogens with one attached hydrogen (secondary N) is 1. The van der Waals surface area contributed by atoms with Crippen LogP contribution in [0.15, 0.2) is 12.0 Å². The molecule has 2 heterocycles. The van der Waals surface area contributed by atoms with E-state index in [1.807, 2.05) is 0 Å². The van der Waals surface area contributed by atoms with Gasteiger partial charge in [0.15, 0.2) is 0 Å². The second-order valence-corrected chi connectivity index (χ2v) is 3.25. The van der Waals surface area contributed by atoms with Crippen LogP contribution in [0.1, 0.15) is 19.8 Å². The molecule has 1 N–H and O–H groups in total. The minimum Gasteiger partial charge on any atom is -0.358 e. The van der Waals surface area contributed by atoms with Gasteiger partial charge in [0.05, 0.1) is 6.20 Å². The van der Waals surface area contributed by atoms with Crippen molar-refractivity contribution >= 4 is 6.03 Å². The molecule has 0 aromatic rings. The Morgan fingerprint density at radius 3 is 2.77 bits per heavy atom. The Morgan fingerprint density at radius 2 is 2.23 bits per heavy atom. The molecule has 0 saturated carbocycles. The van der Waals surface area contributed by atoms with Gasteiger partial charge in [0.2, 0.25) is 0 Å². The second kappa shape index (κ2) is 3.16. The molecule has 5 nitrogen and oxygen atoms in total. The summed E-state index contributed by atoms with van der Waals surface area (Å²) < 4.78 is 0. The van der Waals surface area contributed by atoms with Crippen molar-refractivity contribution in [2.45, 2.75) is 19.8 Å². The SMILES string of the molecule is CC1=CNN(C(=O)N2CCCC2)O1. The highest BCUT2D eigenvalue weighted by Gasteiger charge is 2.27. The molecule has 0 aliphatic carbocycles. The van der Waals surface area contributed by atoms with Crippen molar-refractivity contribution in [1.29, 1.82) is 0 Å². The van der Waals surface area contributed by atoms with Gasteiger partial charge in [-0.05, 0) is 19.8 Å². The number of amides is 2. The number of allylic oxidation sites excluding steroid dienone is 1. The zero-order chi connectivity index (χ0) is 9.26. The first-order valence-corrected chi connectivity index (χ1v) is 4.47. The number of hydrazine groups is 1. The minimum atomic E-state index is -0.106. The molecule has 13 heavy (non-hydrogen) atoms. The van der Waals surface area contributed by atoms with E-state index in [1.54, 1.807) is 18.0 Å². The van der Waals surface area contributed by atoms with Crippen LogP contribution in [0.4, 0.5) is 4.79 Å². The molecule has 2 aliphatic rings. The van der Waals surface area contributed by atoms with E-state index < -0.39 is 0 Å². The lowest BCUT2D eigenvalue weighted by Gasteiger charge is -2.21. The largest absolute Gasteiger partial charge is 0.373 e. The summed E-state index contributed by atoms with van der Waals surface area (Å²) in [6.07, 6.45) is 3.84. The number of likely N-dealkylation sites (tertiary alicyclic amines) is 1. The Morgan fingerprint density at radius 1 is 1.54 bits per heavy atom. The predicted molar refractivity (Wildman–Crippen MR) is 46.0 cm³/mol. The van der Waals surface area contributed by atoms with Crippen molar-refractivity contribution in [3.8, 4) is 0 Å². The van der Waals surface area contributed by atoms with Crippen LogP contribution < -0.4 is 5.43 Å². The Bertz CT molecular complexity index is 246. The third kappa shape index (κ3) is 1.54. The highest BCUT2D eigenvalue weighted by Crippen LogP contribution is 2.13. The van der Waals surface area contributed by atoms with Crippen molar-refractivity contribution in [2.75, 3.05) is 13.1 Å². The van der Waals surface area contributed by atoms with Crippen molar-refractivity contribution in [2.24, 2.45) is 0 Å². The maximum atomic E-state index is 11.6.